The zero-order valence-corrected chi connectivity index (χ0v) is 8.96. The van der Waals surface area contributed by atoms with Crippen molar-refractivity contribution in [3.05, 3.63) is 33.9 Å². The number of aliphatic hydroxyl groups excluding tert-OH is 2. The van der Waals surface area contributed by atoms with Gasteiger partial charge in [-0.2, -0.15) is 0 Å². The van der Waals surface area contributed by atoms with Gasteiger partial charge in [-0.25, -0.2) is 0 Å². The maximum absolute atomic E-state index is 10.6. The van der Waals surface area contributed by atoms with E-state index in [0.717, 1.165) is 5.69 Å². The van der Waals surface area contributed by atoms with E-state index in [1.807, 2.05) is 0 Å². The molecule has 1 aromatic carbocycles. The smallest absolute Gasteiger partial charge is 0.275 e. The van der Waals surface area contributed by atoms with Gasteiger partial charge in [-0.1, -0.05) is 0 Å². The summed E-state index contributed by atoms with van der Waals surface area (Å²) < 4.78 is 0. The Morgan fingerprint density at radius 1 is 1.44 bits per heavy atom. The number of likely N-dealkylation sites (N-methyl/N-ethyl adjacent to an activating group) is 1. The van der Waals surface area contributed by atoms with E-state index < -0.39 is 4.92 Å². The van der Waals surface area contributed by atoms with Crippen molar-refractivity contribution in [3.63, 3.8) is 0 Å². The molecular formula is C10H14N2O4. The molecule has 0 radical (unpaired) electrons. The Labute approximate surface area is 92.9 Å². The molecule has 16 heavy (non-hydrogen) atoms. The molecule has 0 atom stereocenters. The van der Waals surface area contributed by atoms with E-state index in [-0.39, 0.29) is 24.5 Å². The first-order valence-electron chi connectivity index (χ1n) is 4.80. The molecule has 2 N–H and O–H groups in total. The van der Waals surface area contributed by atoms with Gasteiger partial charge >= 0.3 is 0 Å². The van der Waals surface area contributed by atoms with E-state index in [9.17, 15) is 10.1 Å². The van der Waals surface area contributed by atoms with Gasteiger partial charge in [0.05, 0.1) is 23.7 Å². The Morgan fingerprint density at radius 2 is 2.12 bits per heavy atom. The Bertz CT molecular complexity index is 381. The lowest BCUT2D eigenvalue weighted by Gasteiger charge is -2.18. The van der Waals surface area contributed by atoms with Crippen LogP contribution in [0.25, 0.3) is 0 Å². The van der Waals surface area contributed by atoms with Crippen molar-refractivity contribution in [3.8, 4) is 0 Å². The Balaban J connectivity index is 3.03. The normalized spacial score (nSPS) is 10.2. The molecule has 0 aliphatic heterocycles. The summed E-state index contributed by atoms with van der Waals surface area (Å²) >= 11 is 0. The number of rotatable bonds is 5. The summed E-state index contributed by atoms with van der Waals surface area (Å²) in [7, 11) is 1.76. The molecule has 0 unspecified atom stereocenters. The molecule has 0 spiro atoms. The van der Waals surface area contributed by atoms with E-state index in [4.69, 9.17) is 10.2 Å². The van der Waals surface area contributed by atoms with Gasteiger partial charge in [-0.05, 0) is 12.1 Å². The summed E-state index contributed by atoms with van der Waals surface area (Å²) in [4.78, 5) is 11.9. The molecular weight excluding hydrogens is 212 g/mol. The standard InChI is InChI=1S/C10H14N2O4/c1-11(4-5-13)9-2-3-10(12(15)16)8(6-9)7-14/h2-3,6,13-14H,4-5,7H2,1H3. The average Bonchev–Trinajstić information content (AvgIpc) is 2.28. The van der Waals surface area contributed by atoms with Crippen molar-refractivity contribution in [1.82, 2.24) is 0 Å². The van der Waals surface area contributed by atoms with Crippen molar-refractivity contribution in [2.24, 2.45) is 0 Å². The predicted octanol–water partition coefficient (Wildman–Crippen LogP) is 0.516. The number of aliphatic hydroxyl groups is 2. The summed E-state index contributed by atoms with van der Waals surface area (Å²) in [5.74, 6) is 0. The molecule has 0 heterocycles. The second-order valence-electron chi connectivity index (χ2n) is 3.37. The molecule has 88 valence electrons. The van der Waals surface area contributed by atoms with Gasteiger partial charge in [-0.3, -0.25) is 10.1 Å². The number of benzene rings is 1. The van der Waals surface area contributed by atoms with Crippen LogP contribution < -0.4 is 4.90 Å². The van der Waals surface area contributed by atoms with E-state index in [1.54, 1.807) is 24.1 Å². The highest BCUT2D eigenvalue weighted by Gasteiger charge is 2.14. The first kappa shape index (κ1) is 12.4. The van der Waals surface area contributed by atoms with E-state index >= 15 is 0 Å². The fourth-order valence-corrected chi connectivity index (χ4v) is 1.39. The van der Waals surface area contributed by atoms with E-state index in [2.05, 4.69) is 0 Å². The Hall–Kier alpha value is -1.66. The van der Waals surface area contributed by atoms with Crippen LogP contribution in [-0.2, 0) is 6.61 Å². The van der Waals surface area contributed by atoms with Gasteiger partial charge in [0.25, 0.3) is 5.69 Å². The average molecular weight is 226 g/mol. The Morgan fingerprint density at radius 3 is 2.62 bits per heavy atom. The van der Waals surface area contributed by atoms with Gasteiger partial charge in [0.1, 0.15) is 0 Å². The van der Waals surface area contributed by atoms with Crippen molar-refractivity contribution in [2.45, 2.75) is 6.61 Å². The summed E-state index contributed by atoms with van der Waals surface area (Å²) in [5.41, 5.74) is 0.902. The molecule has 1 aromatic rings. The van der Waals surface area contributed by atoms with Crippen LogP contribution in [0.4, 0.5) is 11.4 Å². The fourth-order valence-electron chi connectivity index (χ4n) is 1.39. The van der Waals surface area contributed by atoms with Gasteiger partial charge in [0, 0.05) is 25.3 Å². The van der Waals surface area contributed by atoms with Crippen molar-refractivity contribution < 1.29 is 15.1 Å². The molecule has 0 amide bonds. The van der Waals surface area contributed by atoms with Crippen LogP contribution in [0.1, 0.15) is 5.56 Å². The van der Waals surface area contributed by atoms with Crippen molar-refractivity contribution >= 4 is 11.4 Å². The first-order valence-corrected chi connectivity index (χ1v) is 4.80. The third-order valence-electron chi connectivity index (χ3n) is 2.31. The monoisotopic (exact) mass is 226 g/mol. The van der Waals surface area contributed by atoms with Crippen LogP contribution in [0, 0.1) is 10.1 Å². The number of anilines is 1. The number of nitro groups is 1. The lowest BCUT2D eigenvalue weighted by atomic mass is 10.1. The van der Waals surface area contributed by atoms with E-state index in [0.29, 0.717) is 6.54 Å². The Kier molecular flexibility index (Phi) is 4.21. The van der Waals surface area contributed by atoms with Crippen LogP contribution in [0.15, 0.2) is 18.2 Å². The second kappa shape index (κ2) is 5.43. The molecule has 6 heteroatoms. The van der Waals surface area contributed by atoms with Gasteiger partial charge in [-0.15, -0.1) is 0 Å². The van der Waals surface area contributed by atoms with Crippen molar-refractivity contribution in [2.75, 3.05) is 25.1 Å². The summed E-state index contributed by atoms with van der Waals surface area (Å²) in [6, 6.07) is 4.50. The highest BCUT2D eigenvalue weighted by atomic mass is 16.6. The minimum atomic E-state index is -0.526. The third-order valence-corrected chi connectivity index (χ3v) is 2.31. The number of hydrogen-bond donors (Lipinski definition) is 2. The molecule has 6 nitrogen and oxygen atoms in total. The minimum absolute atomic E-state index is 0.00193. The summed E-state index contributed by atoms with van der Waals surface area (Å²) in [6.45, 7) is 0.0573. The van der Waals surface area contributed by atoms with Crippen LogP contribution in [0.3, 0.4) is 0 Å². The quantitative estimate of drug-likeness (QED) is 0.564. The first-order chi connectivity index (χ1) is 7.60. The zero-order chi connectivity index (χ0) is 12.1. The van der Waals surface area contributed by atoms with Gasteiger partial charge < -0.3 is 15.1 Å². The molecule has 0 fully saturated rings. The van der Waals surface area contributed by atoms with Gasteiger partial charge in [0.15, 0.2) is 0 Å². The lowest BCUT2D eigenvalue weighted by molar-refractivity contribution is -0.385. The second-order valence-corrected chi connectivity index (χ2v) is 3.37. The fraction of sp³-hybridized carbons (Fsp3) is 0.400. The molecule has 0 aliphatic rings. The minimum Gasteiger partial charge on any atom is -0.395 e. The molecule has 0 bridgehead atoms. The topological polar surface area (TPSA) is 86.8 Å². The maximum Gasteiger partial charge on any atom is 0.275 e. The highest BCUT2D eigenvalue weighted by Crippen LogP contribution is 2.24. The lowest BCUT2D eigenvalue weighted by Crippen LogP contribution is -2.21. The van der Waals surface area contributed by atoms with Crippen LogP contribution in [-0.4, -0.2) is 35.3 Å². The molecule has 0 saturated heterocycles. The molecule has 0 saturated carbocycles. The molecule has 0 aromatic heterocycles. The third kappa shape index (κ3) is 2.68. The van der Waals surface area contributed by atoms with Crippen molar-refractivity contribution in [1.29, 1.82) is 0 Å². The largest absolute Gasteiger partial charge is 0.395 e. The zero-order valence-electron chi connectivity index (χ0n) is 8.96. The maximum atomic E-state index is 10.6. The van der Waals surface area contributed by atoms with Crippen LogP contribution >= 0.6 is 0 Å². The van der Waals surface area contributed by atoms with Gasteiger partial charge in [0.2, 0.25) is 0 Å². The SMILES string of the molecule is CN(CCO)c1ccc([N+](=O)[O-])c(CO)c1. The van der Waals surface area contributed by atoms with Crippen LogP contribution in [0.2, 0.25) is 0 Å². The number of nitro benzene ring substituents is 1. The van der Waals surface area contributed by atoms with E-state index in [1.165, 1.54) is 6.07 Å². The summed E-state index contributed by atoms with van der Waals surface area (Å²) in [6.07, 6.45) is 0. The predicted molar refractivity (Wildman–Crippen MR) is 59.4 cm³/mol. The number of nitrogens with zero attached hydrogens (tertiary/aromatic N) is 2. The summed E-state index contributed by atoms with van der Waals surface area (Å²) in [5, 5.41) is 28.4. The highest BCUT2D eigenvalue weighted by molar-refractivity contribution is 5.55. The molecule has 0 aliphatic carbocycles. The van der Waals surface area contributed by atoms with Crippen LogP contribution in [0.5, 0.6) is 0 Å². The number of hydrogen-bond acceptors (Lipinski definition) is 5. The molecule has 1 rings (SSSR count).